The SMILES string of the molecule is CN1CCN(CCn2ncc(NC3CCC3)cc2=O)CC1. The summed E-state index contributed by atoms with van der Waals surface area (Å²) in [7, 11) is 2.15. The number of anilines is 1. The van der Waals surface area contributed by atoms with E-state index in [0.717, 1.165) is 38.4 Å². The molecule has 1 saturated heterocycles. The Morgan fingerprint density at radius 2 is 2.00 bits per heavy atom. The van der Waals surface area contributed by atoms with Crippen LogP contribution in [0.15, 0.2) is 17.1 Å². The van der Waals surface area contributed by atoms with Gasteiger partial charge in [-0.05, 0) is 26.3 Å². The van der Waals surface area contributed by atoms with Crippen molar-refractivity contribution in [2.24, 2.45) is 0 Å². The highest BCUT2D eigenvalue weighted by atomic mass is 16.1. The van der Waals surface area contributed by atoms with Crippen molar-refractivity contribution in [1.29, 1.82) is 0 Å². The highest BCUT2D eigenvalue weighted by Crippen LogP contribution is 2.21. The second-order valence-electron chi connectivity index (χ2n) is 6.22. The van der Waals surface area contributed by atoms with E-state index in [1.165, 1.54) is 19.3 Å². The van der Waals surface area contributed by atoms with Gasteiger partial charge in [-0.15, -0.1) is 0 Å². The molecule has 1 aliphatic heterocycles. The zero-order chi connectivity index (χ0) is 14.7. The molecule has 116 valence electrons. The van der Waals surface area contributed by atoms with Crippen molar-refractivity contribution in [3.8, 4) is 0 Å². The molecule has 3 rings (SSSR count). The summed E-state index contributed by atoms with van der Waals surface area (Å²) in [6.45, 7) is 5.93. The van der Waals surface area contributed by atoms with Gasteiger partial charge in [0.05, 0.1) is 18.4 Å². The van der Waals surface area contributed by atoms with Crippen LogP contribution in [0.1, 0.15) is 19.3 Å². The van der Waals surface area contributed by atoms with E-state index in [1.807, 2.05) is 0 Å². The largest absolute Gasteiger partial charge is 0.381 e. The summed E-state index contributed by atoms with van der Waals surface area (Å²) >= 11 is 0. The van der Waals surface area contributed by atoms with Gasteiger partial charge in [-0.3, -0.25) is 9.69 Å². The molecular formula is C15H25N5O. The van der Waals surface area contributed by atoms with Gasteiger partial charge in [0.1, 0.15) is 0 Å². The highest BCUT2D eigenvalue weighted by molar-refractivity contribution is 5.40. The van der Waals surface area contributed by atoms with Crippen molar-refractivity contribution >= 4 is 5.69 Å². The first-order valence-electron chi connectivity index (χ1n) is 7.95. The summed E-state index contributed by atoms with van der Waals surface area (Å²) in [5, 5.41) is 7.66. The minimum Gasteiger partial charge on any atom is -0.381 e. The van der Waals surface area contributed by atoms with E-state index in [-0.39, 0.29) is 5.56 Å². The number of hydrogen-bond donors (Lipinski definition) is 1. The van der Waals surface area contributed by atoms with Gasteiger partial charge in [-0.1, -0.05) is 0 Å². The van der Waals surface area contributed by atoms with Crippen molar-refractivity contribution in [3.63, 3.8) is 0 Å². The van der Waals surface area contributed by atoms with E-state index in [4.69, 9.17) is 0 Å². The third-order valence-corrected chi connectivity index (χ3v) is 4.57. The maximum atomic E-state index is 12.1. The molecule has 1 aromatic rings. The first-order chi connectivity index (χ1) is 10.2. The predicted molar refractivity (Wildman–Crippen MR) is 83.7 cm³/mol. The Balaban J connectivity index is 1.52. The lowest BCUT2D eigenvalue weighted by atomic mass is 9.93. The molecule has 0 amide bonds. The average molecular weight is 291 g/mol. The van der Waals surface area contributed by atoms with E-state index >= 15 is 0 Å². The third-order valence-electron chi connectivity index (χ3n) is 4.57. The van der Waals surface area contributed by atoms with Gasteiger partial charge < -0.3 is 10.2 Å². The number of likely N-dealkylation sites (N-methyl/N-ethyl adjacent to an activating group) is 1. The van der Waals surface area contributed by atoms with E-state index in [2.05, 4.69) is 27.3 Å². The first kappa shape index (κ1) is 14.5. The van der Waals surface area contributed by atoms with E-state index in [1.54, 1.807) is 16.9 Å². The molecule has 0 unspecified atom stereocenters. The second-order valence-corrected chi connectivity index (χ2v) is 6.22. The summed E-state index contributed by atoms with van der Waals surface area (Å²) < 4.78 is 1.57. The van der Waals surface area contributed by atoms with Crippen LogP contribution in [0.3, 0.4) is 0 Å². The molecule has 6 heteroatoms. The summed E-state index contributed by atoms with van der Waals surface area (Å²) in [6, 6.07) is 2.21. The fraction of sp³-hybridized carbons (Fsp3) is 0.733. The Bertz CT molecular complexity index is 517. The Morgan fingerprint density at radius 3 is 2.62 bits per heavy atom. The van der Waals surface area contributed by atoms with Gasteiger partial charge in [0.15, 0.2) is 0 Å². The Hall–Kier alpha value is -1.40. The minimum atomic E-state index is -0.00606. The Morgan fingerprint density at radius 1 is 1.24 bits per heavy atom. The zero-order valence-corrected chi connectivity index (χ0v) is 12.8. The molecule has 21 heavy (non-hydrogen) atoms. The number of nitrogens with one attached hydrogen (secondary N) is 1. The molecule has 0 bridgehead atoms. The molecule has 1 saturated carbocycles. The molecule has 0 radical (unpaired) electrons. The van der Waals surface area contributed by atoms with Crippen molar-refractivity contribution < 1.29 is 0 Å². The number of piperazine rings is 1. The van der Waals surface area contributed by atoms with Crippen molar-refractivity contribution in [3.05, 3.63) is 22.6 Å². The van der Waals surface area contributed by atoms with Crippen molar-refractivity contribution in [1.82, 2.24) is 19.6 Å². The smallest absolute Gasteiger partial charge is 0.268 e. The normalized spacial score (nSPS) is 21.2. The fourth-order valence-corrected chi connectivity index (χ4v) is 2.78. The third kappa shape index (κ3) is 3.83. The predicted octanol–water partition coefficient (Wildman–Crippen LogP) is 0.455. The highest BCUT2D eigenvalue weighted by Gasteiger charge is 2.17. The number of hydrogen-bond acceptors (Lipinski definition) is 5. The summed E-state index contributed by atoms with van der Waals surface area (Å²) in [4.78, 5) is 16.8. The van der Waals surface area contributed by atoms with Gasteiger partial charge in [-0.25, -0.2) is 4.68 Å². The Kier molecular flexibility index (Phi) is 4.55. The van der Waals surface area contributed by atoms with Crippen LogP contribution in [-0.2, 0) is 6.54 Å². The molecule has 1 N–H and O–H groups in total. The van der Waals surface area contributed by atoms with Crippen LogP contribution in [0.4, 0.5) is 5.69 Å². The van der Waals surface area contributed by atoms with Gasteiger partial charge >= 0.3 is 0 Å². The lowest BCUT2D eigenvalue weighted by Gasteiger charge is -2.32. The zero-order valence-electron chi connectivity index (χ0n) is 12.8. The molecule has 1 aromatic heterocycles. The number of rotatable bonds is 5. The van der Waals surface area contributed by atoms with Crippen LogP contribution in [0.2, 0.25) is 0 Å². The Labute approximate surface area is 125 Å². The average Bonchev–Trinajstić information content (AvgIpc) is 2.44. The number of aromatic nitrogens is 2. The molecule has 2 heterocycles. The molecule has 6 nitrogen and oxygen atoms in total. The van der Waals surface area contributed by atoms with Crippen LogP contribution in [0.25, 0.3) is 0 Å². The minimum absolute atomic E-state index is 0.00606. The van der Waals surface area contributed by atoms with Crippen LogP contribution in [0, 0.1) is 0 Å². The van der Waals surface area contributed by atoms with E-state index in [0.29, 0.717) is 12.6 Å². The van der Waals surface area contributed by atoms with Crippen LogP contribution in [-0.4, -0.2) is 65.4 Å². The van der Waals surface area contributed by atoms with E-state index < -0.39 is 0 Å². The molecule has 0 atom stereocenters. The molecule has 0 spiro atoms. The standard InChI is InChI=1S/C15H25N5O/c1-18-5-7-19(8-6-18)9-10-20-15(21)11-14(12-16-20)17-13-3-2-4-13/h11-13,17H,2-10H2,1H3. The van der Waals surface area contributed by atoms with Gasteiger partial charge in [0, 0.05) is 44.8 Å². The molecular weight excluding hydrogens is 266 g/mol. The molecule has 1 aliphatic carbocycles. The maximum Gasteiger partial charge on any atom is 0.268 e. The second kappa shape index (κ2) is 6.58. The van der Waals surface area contributed by atoms with Gasteiger partial charge in [0.25, 0.3) is 5.56 Å². The van der Waals surface area contributed by atoms with Crippen molar-refractivity contribution in [2.75, 3.05) is 45.1 Å². The van der Waals surface area contributed by atoms with Crippen LogP contribution in [0.5, 0.6) is 0 Å². The molecule has 2 aliphatic rings. The number of nitrogens with zero attached hydrogens (tertiary/aromatic N) is 4. The van der Waals surface area contributed by atoms with Crippen LogP contribution >= 0.6 is 0 Å². The van der Waals surface area contributed by atoms with E-state index in [9.17, 15) is 4.79 Å². The first-order valence-corrected chi connectivity index (χ1v) is 7.95. The monoisotopic (exact) mass is 291 g/mol. The van der Waals surface area contributed by atoms with Crippen molar-refractivity contribution in [2.45, 2.75) is 31.8 Å². The summed E-state index contributed by atoms with van der Waals surface area (Å²) in [6.07, 6.45) is 5.47. The van der Waals surface area contributed by atoms with Crippen LogP contribution < -0.4 is 10.9 Å². The molecule has 0 aromatic carbocycles. The van der Waals surface area contributed by atoms with Gasteiger partial charge in [0.2, 0.25) is 0 Å². The lowest BCUT2D eigenvalue weighted by Crippen LogP contribution is -2.46. The maximum absolute atomic E-state index is 12.1. The lowest BCUT2D eigenvalue weighted by molar-refractivity contribution is 0.148. The topological polar surface area (TPSA) is 53.4 Å². The summed E-state index contributed by atoms with van der Waals surface area (Å²) in [5.41, 5.74) is 0.856. The molecule has 2 fully saturated rings. The quantitative estimate of drug-likeness (QED) is 0.854. The summed E-state index contributed by atoms with van der Waals surface area (Å²) in [5.74, 6) is 0. The fourth-order valence-electron chi connectivity index (χ4n) is 2.78. The van der Waals surface area contributed by atoms with Gasteiger partial charge in [-0.2, -0.15) is 5.10 Å².